The molecule has 0 radical (unpaired) electrons. The molecule has 10 heteroatoms. The van der Waals surface area contributed by atoms with Gasteiger partial charge >= 0.3 is 0 Å². The maximum Gasteiger partial charge on any atom is 0.242 e. The smallest absolute Gasteiger partial charge is 0.242 e. The average molecular weight is 513 g/mol. The molecule has 1 saturated heterocycles. The Bertz CT molecular complexity index is 748. The molecule has 1 rings (SSSR count). The van der Waals surface area contributed by atoms with Crippen molar-refractivity contribution in [1.82, 2.24) is 20.4 Å². The highest BCUT2D eigenvalue weighted by Gasteiger charge is 2.41. The van der Waals surface area contributed by atoms with Gasteiger partial charge in [0.25, 0.3) is 0 Å². The first-order valence-corrected chi connectivity index (χ1v) is 13.0. The number of amides is 3. The lowest BCUT2D eigenvalue weighted by Crippen LogP contribution is -2.54. The first-order valence-electron chi connectivity index (χ1n) is 13.0. The molecule has 1 aliphatic rings. The third-order valence-electron chi connectivity index (χ3n) is 7.77. The summed E-state index contributed by atoms with van der Waals surface area (Å²) in [6.07, 6.45) is 1.61. The quantitative estimate of drug-likeness (QED) is 0.339. The summed E-state index contributed by atoms with van der Waals surface area (Å²) in [4.78, 5) is 54.0. The second-order valence-electron chi connectivity index (χ2n) is 9.98. The van der Waals surface area contributed by atoms with Crippen molar-refractivity contribution in [2.24, 2.45) is 11.8 Å². The summed E-state index contributed by atoms with van der Waals surface area (Å²) in [6, 6.07) is -0.942. The zero-order chi connectivity index (χ0) is 27.6. The van der Waals surface area contributed by atoms with E-state index in [0.29, 0.717) is 6.54 Å². The number of carbonyl (C=O) groups is 4. The highest BCUT2D eigenvalue weighted by Crippen LogP contribution is 2.29. The first kappa shape index (κ1) is 32.0. The molecule has 0 aromatic heterocycles. The maximum absolute atomic E-state index is 13.5. The summed E-state index contributed by atoms with van der Waals surface area (Å²) in [5.41, 5.74) is 0. The summed E-state index contributed by atoms with van der Waals surface area (Å²) in [7, 11) is 6.51. The number of nitrogens with zero attached hydrogens (tertiary/aromatic N) is 2. The van der Waals surface area contributed by atoms with Gasteiger partial charge in [-0.2, -0.15) is 0 Å². The number of likely N-dealkylation sites (tertiary alicyclic amines) is 1. The van der Waals surface area contributed by atoms with E-state index in [2.05, 4.69) is 10.6 Å². The molecule has 0 aliphatic carbocycles. The van der Waals surface area contributed by atoms with Crippen molar-refractivity contribution in [1.29, 1.82) is 0 Å². The predicted octanol–water partition coefficient (Wildman–Crippen LogP) is 1.22. The molecule has 0 saturated carbocycles. The van der Waals surface area contributed by atoms with E-state index in [-0.39, 0.29) is 66.5 Å². The van der Waals surface area contributed by atoms with E-state index in [0.717, 1.165) is 19.3 Å². The fourth-order valence-electron chi connectivity index (χ4n) is 4.98. The molecule has 0 bridgehead atoms. The number of carbonyl (C=O) groups excluding carboxylic acids is 4. The van der Waals surface area contributed by atoms with Crippen LogP contribution in [0.2, 0.25) is 0 Å². The normalized spacial score (nSPS) is 20.7. The zero-order valence-corrected chi connectivity index (χ0v) is 23.6. The van der Waals surface area contributed by atoms with Gasteiger partial charge in [-0.25, -0.2) is 0 Å². The number of Topliss-reactive ketones (excluding diaryl/α,β-unsaturated/α-hetero) is 1. The van der Waals surface area contributed by atoms with Crippen LogP contribution in [0.15, 0.2) is 0 Å². The van der Waals surface area contributed by atoms with E-state index < -0.39 is 12.1 Å². The Hall–Kier alpha value is -2.04. The van der Waals surface area contributed by atoms with Gasteiger partial charge < -0.3 is 29.9 Å². The van der Waals surface area contributed by atoms with Gasteiger partial charge in [0, 0.05) is 33.7 Å². The van der Waals surface area contributed by atoms with Gasteiger partial charge in [0.15, 0.2) is 0 Å². The molecule has 36 heavy (non-hydrogen) atoms. The number of hydrogen-bond acceptors (Lipinski definition) is 7. The Kier molecular flexibility index (Phi) is 13.6. The minimum absolute atomic E-state index is 0.0316. The van der Waals surface area contributed by atoms with Crippen molar-refractivity contribution in [3.05, 3.63) is 0 Å². The Morgan fingerprint density at radius 1 is 1.11 bits per heavy atom. The van der Waals surface area contributed by atoms with E-state index in [1.807, 2.05) is 25.7 Å². The largest absolute Gasteiger partial charge is 0.379 e. The molecule has 1 aliphatic heterocycles. The van der Waals surface area contributed by atoms with Crippen molar-refractivity contribution in [2.75, 3.05) is 41.4 Å². The minimum Gasteiger partial charge on any atom is -0.379 e. The summed E-state index contributed by atoms with van der Waals surface area (Å²) < 4.78 is 11.5. The van der Waals surface area contributed by atoms with Crippen LogP contribution >= 0.6 is 0 Å². The molecule has 10 nitrogen and oxygen atoms in total. The number of nitrogens with one attached hydrogen (secondary N) is 2. The zero-order valence-electron chi connectivity index (χ0n) is 23.6. The second-order valence-corrected chi connectivity index (χ2v) is 9.98. The molecular formula is C26H48N4O6. The molecule has 2 N–H and O–H groups in total. The monoisotopic (exact) mass is 512 g/mol. The number of rotatable bonds is 15. The van der Waals surface area contributed by atoms with E-state index in [1.54, 1.807) is 47.1 Å². The number of ether oxygens (including phenoxy) is 2. The third-order valence-corrected chi connectivity index (χ3v) is 7.77. The molecule has 7 unspecified atom stereocenters. The van der Waals surface area contributed by atoms with Crippen LogP contribution in [0.25, 0.3) is 0 Å². The van der Waals surface area contributed by atoms with E-state index in [1.165, 1.54) is 0 Å². The molecule has 208 valence electrons. The summed E-state index contributed by atoms with van der Waals surface area (Å²) >= 11 is 0. The van der Waals surface area contributed by atoms with Gasteiger partial charge in [0.1, 0.15) is 5.78 Å². The summed E-state index contributed by atoms with van der Waals surface area (Å²) in [5, 5.41) is 5.51. The number of likely N-dealkylation sites (N-methyl/N-ethyl adjacent to an activating group) is 2. The van der Waals surface area contributed by atoms with Crippen molar-refractivity contribution >= 4 is 23.5 Å². The lowest BCUT2D eigenvalue weighted by molar-refractivity contribution is -0.145. The predicted molar refractivity (Wildman–Crippen MR) is 138 cm³/mol. The molecular weight excluding hydrogens is 464 g/mol. The lowest BCUT2D eigenvalue weighted by atomic mass is 9.90. The fourth-order valence-corrected chi connectivity index (χ4v) is 4.98. The summed E-state index contributed by atoms with van der Waals surface area (Å²) in [5.74, 6) is -0.811. The molecule has 1 heterocycles. The second kappa shape index (κ2) is 15.3. The Morgan fingerprint density at radius 3 is 2.25 bits per heavy atom. The highest BCUT2D eigenvalue weighted by atomic mass is 16.5. The average Bonchev–Trinajstić information content (AvgIpc) is 3.35. The van der Waals surface area contributed by atoms with Gasteiger partial charge in [-0.3, -0.25) is 19.2 Å². The van der Waals surface area contributed by atoms with Gasteiger partial charge in [0.2, 0.25) is 17.7 Å². The van der Waals surface area contributed by atoms with Crippen LogP contribution < -0.4 is 10.6 Å². The first-order chi connectivity index (χ1) is 16.9. The SMILES string of the molecule is CCC(C)C(C(CC(=O)N1CCCC1C(OC)C(C)C(C)=O)OC)N(C)C(=O)CNC(=O)C(C)NC. The van der Waals surface area contributed by atoms with Crippen LogP contribution in [0, 0.1) is 11.8 Å². The topological polar surface area (TPSA) is 117 Å². The molecule has 3 amide bonds. The van der Waals surface area contributed by atoms with Crippen molar-refractivity contribution in [2.45, 2.75) is 90.6 Å². The number of ketones is 1. The lowest BCUT2D eigenvalue weighted by Gasteiger charge is -2.39. The van der Waals surface area contributed by atoms with Crippen LogP contribution in [-0.4, -0.2) is 105 Å². The van der Waals surface area contributed by atoms with E-state index in [4.69, 9.17) is 9.47 Å². The summed E-state index contributed by atoms with van der Waals surface area (Å²) in [6.45, 7) is 9.63. The van der Waals surface area contributed by atoms with Crippen LogP contribution in [0.4, 0.5) is 0 Å². The van der Waals surface area contributed by atoms with Gasteiger partial charge in [0.05, 0.1) is 43.3 Å². The van der Waals surface area contributed by atoms with Crippen LogP contribution in [0.1, 0.15) is 60.3 Å². The fraction of sp³-hybridized carbons (Fsp3) is 0.846. The van der Waals surface area contributed by atoms with E-state index >= 15 is 0 Å². The maximum atomic E-state index is 13.5. The number of hydrogen-bond donors (Lipinski definition) is 2. The highest BCUT2D eigenvalue weighted by molar-refractivity contribution is 5.87. The van der Waals surface area contributed by atoms with Crippen molar-refractivity contribution in [3.63, 3.8) is 0 Å². The Balaban J connectivity index is 3.02. The molecule has 0 aromatic carbocycles. The molecule has 0 aromatic rings. The van der Waals surface area contributed by atoms with Crippen molar-refractivity contribution < 1.29 is 28.7 Å². The third kappa shape index (κ3) is 8.24. The molecule has 1 fully saturated rings. The van der Waals surface area contributed by atoms with Crippen LogP contribution in [-0.2, 0) is 28.7 Å². The van der Waals surface area contributed by atoms with Crippen molar-refractivity contribution in [3.8, 4) is 0 Å². The van der Waals surface area contributed by atoms with Crippen LogP contribution in [0.5, 0.6) is 0 Å². The minimum atomic E-state index is -0.527. The van der Waals surface area contributed by atoms with Gasteiger partial charge in [-0.1, -0.05) is 27.2 Å². The molecule has 7 atom stereocenters. The Morgan fingerprint density at radius 2 is 1.75 bits per heavy atom. The van der Waals surface area contributed by atoms with Gasteiger partial charge in [-0.05, 0) is 39.7 Å². The standard InChI is InChI=1S/C26H48N4O6/c1-10-16(2)24(29(7)23(33)15-28-26(34)18(4)27-6)21(35-8)14-22(32)30-13-11-12-20(30)25(36-9)17(3)19(5)31/h16-18,20-21,24-25,27H,10-15H2,1-9H3,(H,28,34). The Labute approximate surface area is 216 Å². The molecule has 0 spiro atoms. The van der Waals surface area contributed by atoms with E-state index in [9.17, 15) is 19.2 Å². The van der Waals surface area contributed by atoms with Crippen LogP contribution in [0.3, 0.4) is 0 Å². The van der Waals surface area contributed by atoms with Gasteiger partial charge in [-0.15, -0.1) is 0 Å². The number of methoxy groups -OCH3 is 2.